The Kier molecular flexibility index (Phi) is 2.97. The summed E-state index contributed by atoms with van der Waals surface area (Å²) in [6, 6.07) is 0. The number of hydrogen-bond acceptors (Lipinski definition) is 3. The molecule has 0 saturated heterocycles. The second kappa shape index (κ2) is 3.31. The maximum absolute atomic E-state index is 11.8. The number of isocyanates is 1. The molecule has 0 amide bonds. The molecule has 0 radical (unpaired) electrons. The molecule has 0 bridgehead atoms. The van der Waals surface area contributed by atoms with Gasteiger partial charge in [-0.1, -0.05) is 4.40 Å². The Morgan fingerprint density at radius 3 is 2.00 bits per heavy atom. The van der Waals surface area contributed by atoms with Gasteiger partial charge in [-0.25, -0.2) is 4.79 Å². The van der Waals surface area contributed by atoms with Gasteiger partial charge in [0.15, 0.2) is 0 Å². The van der Waals surface area contributed by atoms with Crippen LogP contribution in [-0.4, -0.2) is 14.5 Å². The van der Waals surface area contributed by atoms with Crippen molar-refractivity contribution in [1.29, 1.82) is 0 Å². The van der Waals surface area contributed by atoms with Crippen molar-refractivity contribution < 1.29 is 26.4 Å². The monoisotopic (exact) mass is 187 g/mol. The summed E-state index contributed by atoms with van der Waals surface area (Å²) in [6.45, 7) is 0. The van der Waals surface area contributed by atoms with Crippen LogP contribution in [0.2, 0.25) is 0 Å². The largest absolute Gasteiger partial charge is 0.325 e. The van der Waals surface area contributed by atoms with Crippen LogP contribution >= 0.6 is 0 Å². The van der Waals surface area contributed by atoms with Gasteiger partial charge in [-0.2, -0.15) is 21.6 Å². The molecule has 0 heterocycles. The zero-order chi connectivity index (χ0) is 9.07. The van der Waals surface area contributed by atoms with E-state index in [4.69, 9.17) is 0 Å². The number of halogens is 3. The van der Waals surface area contributed by atoms with Crippen LogP contribution in [0.25, 0.3) is 0 Å². The highest BCUT2D eigenvalue weighted by atomic mass is 32.2. The predicted octanol–water partition coefficient (Wildman–Crippen LogP) is 0.687. The van der Waals surface area contributed by atoms with Gasteiger partial charge in [-0.15, -0.1) is 0 Å². The van der Waals surface area contributed by atoms with Gasteiger partial charge < -0.3 is 0 Å². The SMILES string of the molecule is O=C=NS(=O)(=O)C(F)=C(F)F. The van der Waals surface area contributed by atoms with Crippen LogP contribution in [0.4, 0.5) is 13.2 Å². The molecule has 8 heteroatoms. The van der Waals surface area contributed by atoms with Crippen molar-refractivity contribution >= 4 is 16.1 Å². The van der Waals surface area contributed by atoms with E-state index in [1.807, 2.05) is 4.40 Å². The van der Waals surface area contributed by atoms with Gasteiger partial charge in [0.25, 0.3) is 6.08 Å². The Morgan fingerprint density at radius 2 is 1.73 bits per heavy atom. The molecule has 0 saturated carbocycles. The summed E-state index contributed by atoms with van der Waals surface area (Å²) in [5.41, 5.74) is 0. The fourth-order valence-electron chi connectivity index (χ4n) is 0.187. The summed E-state index contributed by atoms with van der Waals surface area (Å²) < 4.78 is 56.0. The minimum Gasteiger partial charge on any atom is -0.210 e. The highest BCUT2D eigenvalue weighted by Crippen LogP contribution is 2.16. The lowest BCUT2D eigenvalue weighted by Crippen LogP contribution is -1.95. The van der Waals surface area contributed by atoms with Crippen LogP contribution in [-0.2, 0) is 14.8 Å². The minimum absolute atomic E-state index is 0.423. The van der Waals surface area contributed by atoms with Gasteiger partial charge in [0, 0.05) is 0 Å². The third-order valence-electron chi connectivity index (χ3n) is 0.533. The number of sulfonamides is 1. The third kappa shape index (κ3) is 2.52. The van der Waals surface area contributed by atoms with Crippen LogP contribution in [0.5, 0.6) is 0 Å². The first-order valence-corrected chi connectivity index (χ1v) is 3.40. The maximum Gasteiger partial charge on any atom is 0.325 e. The van der Waals surface area contributed by atoms with Gasteiger partial charge in [0.1, 0.15) is 0 Å². The Bertz CT molecular complexity index is 322. The molecule has 0 spiro atoms. The Morgan fingerprint density at radius 1 is 1.27 bits per heavy atom. The van der Waals surface area contributed by atoms with Gasteiger partial charge in [0.2, 0.25) is 0 Å². The van der Waals surface area contributed by atoms with Crippen molar-refractivity contribution in [2.75, 3.05) is 0 Å². The van der Waals surface area contributed by atoms with Crippen LogP contribution in [0.15, 0.2) is 15.6 Å². The van der Waals surface area contributed by atoms with Gasteiger partial charge in [0.05, 0.1) is 0 Å². The zero-order valence-corrected chi connectivity index (χ0v) is 5.53. The van der Waals surface area contributed by atoms with Crippen molar-refractivity contribution in [3.8, 4) is 0 Å². The first kappa shape index (κ1) is 9.86. The van der Waals surface area contributed by atoms with E-state index in [0.29, 0.717) is 6.08 Å². The second-order valence-electron chi connectivity index (χ2n) is 1.19. The van der Waals surface area contributed by atoms with E-state index >= 15 is 0 Å². The smallest absolute Gasteiger partial charge is 0.210 e. The molecular weight excluding hydrogens is 187 g/mol. The quantitative estimate of drug-likeness (QED) is 0.471. The molecular formula is C3F3NO3S. The molecule has 0 aromatic heterocycles. The van der Waals surface area contributed by atoms with Crippen LogP contribution in [0.1, 0.15) is 0 Å². The first-order valence-electron chi connectivity index (χ1n) is 1.96. The second-order valence-corrected chi connectivity index (χ2v) is 2.68. The van der Waals surface area contributed by atoms with Crippen molar-refractivity contribution in [2.24, 2.45) is 4.40 Å². The molecule has 0 fully saturated rings. The maximum atomic E-state index is 11.8. The number of hydrogen-bond donors (Lipinski definition) is 0. The number of nitrogens with zero attached hydrogens (tertiary/aromatic N) is 1. The first-order chi connectivity index (χ1) is 4.91. The lowest BCUT2D eigenvalue weighted by atomic mass is 11.1. The number of carbonyl (C=O) groups excluding carboxylic acids is 1. The molecule has 0 aliphatic heterocycles. The topological polar surface area (TPSA) is 63.6 Å². The van der Waals surface area contributed by atoms with E-state index in [2.05, 4.69) is 0 Å². The third-order valence-corrected chi connectivity index (χ3v) is 1.45. The highest BCUT2D eigenvalue weighted by Gasteiger charge is 2.22. The van der Waals surface area contributed by atoms with E-state index in [1.54, 1.807) is 0 Å². The van der Waals surface area contributed by atoms with Crippen LogP contribution < -0.4 is 0 Å². The van der Waals surface area contributed by atoms with Gasteiger partial charge in [-0.3, -0.25) is 0 Å². The molecule has 0 rings (SSSR count). The number of rotatable bonds is 2. The normalized spacial score (nSPS) is 10.1. The van der Waals surface area contributed by atoms with E-state index in [-0.39, 0.29) is 0 Å². The molecule has 0 atom stereocenters. The van der Waals surface area contributed by atoms with Crippen LogP contribution in [0, 0.1) is 0 Å². The molecule has 0 aromatic carbocycles. The summed E-state index contributed by atoms with van der Waals surface area (Å²) in [4.78, 5) is 9.24. The molecule has 0 aromatic rings. The summed E-state index contributed by atoms with van der Waals surface area (Å²) >= 11 is 0. The minimum atomic E-state index is -5.15. The van der Waals surface area contributed by atoms with Crippen molar-refractivity contribution in [3.63, 3.8) is 0 Å². The fraction of sp³-hybridized carbons (Fsp3) is 0. The van der Waals surface area contributed by atoms with E-state index in [0.717, 1.165) is 0 Å². The van der Waals surface area contributed by atoms with Gasteiger partial charge >= 0.3 is 21.3 Å². The van der Waals surface area contributed by atoms with E-state index in [9.17, 15) is 26.4 Å². The lowest BCUT2D eigenvalue weighted by Gasteiger charge is -1.86. The molecule has 62 valence electrons. The van der Waals surface area contributed by atoms with Gasteiger partial charge in [-0.05, 0) is 0 Å². The van der Waals surface area contributed by atoms with Crippen LogP contribution in [0.3, 0.4) is 0 Å². The highest BCUT2D eigenvalue weighted by molar-refractivity contribution is 7.93. The Labute approximate surface area is 59.1 Å². The van der Waals surface area contributed by atoms with E-state index in [1.165, 1.54) is 0 Å². The molecule has 0 aliphatic carbocycles. The Balaban J connectivity index is 5.21. The molecule has 0 unspecified atom stereocenters. The molecule has 0 N–H and O–H groups in total. The summed E-state index contributed by atoms with van der Waals surface area (Å²) in [6.07, 6.45) is -2.63. The van der Waals surface area contributed by atoms with Crippen molar-refractivity contribution in [1.82, 2.24) is 0 Å². The molecule has 0 aliphatic rings. The average molecular weight is 187 g/mol. The van der Waals surface area contributed by atoms with E-state index < -0.39 is 21.3 Å². The zero-order valence-electron chi connectivity index (χ0n) is 4.71. The summed E-state index contributed by atoms with van der Waals surface area (Å²) in [5, 5.41) is -2.74. The summed E-state index contributed by atoms with van der Waals surface area (Å²) in [5.74, 6) is 0. The summed E-state index contributed by atoms with van der Waals surface area (Å²) in [7, 11) is -5.15. The standard InChI is InChI=1S/C3F3NO3S/c4-2(5)3(6)11(9,10)7-1-8. The van der Waals surface area contributed by atoms with Crippen molar-refractivity contribution in [3.05, 3.63) is 11.2 Å². The Hall–Kier alpha value is -1.14. The average Bonchev–Trinajstić information content (AvgIpc) is 1.86. The lowest BCUT2D eigenvalue weighted by molar-refractivity contribution is 0.391. The fourth-order valence-corrected chi connectivity index (χ4v) is 0.560. The molecule has 11 heavy (non-hydrogen) atoms. The predicted molar refractivity (Wildman–Crippen MR) is 27.4 cm³/mol. The van der Waals surface area contributed by atoms with Crippen molar-refractivity contribution in [2.45, 2.75) is 0 Å². The molecule has 4 nitrogen and oxygen atoms in total.